The Labute approximate surface area is 128 Å². The molecule has 0 radical (unpaired) electrons. The van der Waals surface area contributed by atoms with Crippen molar-refractivity contribution in [2.24, 2.45) is 16.7 Å². The van der Waals surface area contributed by atoms with Gasteiger partial charge in [-0.05, 0) is 56.8 Å². The maximum Gasteiger partial charge on any atom is 0.108 e. The first-order chi connectivity index (χ1) is 9.90. The first kappa shape index (κ1) is 15.1. The number of nitriles is 1. The third-order valence-electron chi connectivity index (χ3n) is 6.00. The number of piperidine rings is 2. The van der Waals surface area contributed by atoms with Crippen LogP contribution in [0.4, 0.5) is 0 Å². The molecule has 116 valence electrons. The molecule has 3 nitrogen and oxygen atoms in total. The maximum absolute atomic E-state index is 10.7. The summed E-state index contributed by atoms with van der Waals surface area (Å²) in [6, 6.07) is 3.45. The van der Waals surface area contributed by atoms with Crippen LogP contribution in [-0.4, -0.2) is 28.3 Å². The van der Waals surface area contributed by atoms with Gasteiger partial charge in [-0.3, -0.25) is 4.90 Å². The van der Waals surface area contributed by atoms with Crippen LogP contribution < -0.4 is 0 Å². The lowest BCUT2D eigenvalue weighted by molar-refractivity contribution is -0.183. The minimum atomic E-state index is -0.356. The van der Waals surface area contributed by atoms with E-state index in [0.29, 0.717) is 23.4 Å². The van der Waals surface area contributed by atoms with Crippen molar-refractivity contribution in [2.45, 2.75) is 77.6 Å². The van der Waals surface area contributed by atoms with Crippen molar-refractivity contribution < 1.29 is 5.11 Å². The molecule has 4 atom stereocenters. The number of hydrogen-bond donors (Lipinski definition) is 1. The molecule has 4 bridgehead atoms. The summed E-state index contributed by atoms with van der Waals surface area (Å²) in [7, 11) is 0. The summed E-state index contributed by atoms with van der Waals surface area (Å²) in [5, 5.41) is 20.4. The normalized spacial score (nSPS) is 44.9. The molecular weight excluding hydrogens is 260 g/mol. The van der Waals surface area contributed by atoms with Crippen LogP contribution in [0.5, 0.6) is 0 Å². The molecular formula is C18H28N2O. The lowest BCUT2D eigenvalue weighted by atomic mass is 9.50. The topological polar surface area (TPSA) is 47.3 Å². The van der Waals surface area contributed by atoms with E-state index in [4.69, 9.17) is 0 Å². The Balaban J connectivity index is 1.77. The summed E-state index contributed by atoms with van der Waals surface area (Å²) in [6.45, 7) is 6.55. The molecule has 0 aromatic heterocycles. The largest absolute Gasteiger partial charge is 0.378 e. The van der Waals surface area contributed by atoms with Gasteiger partial charge in [-0.15, -0.1) is 0 Å². The second-order valence-corrected chi connectivity index (χ2v) is 8.17. The molecule has 2 saturated heterocycles. The van der Waals surface area contributed by atoms with Crippen LogP contribution >= 0.6 is 0 Å². The van der Waals surface area contributed by atoms with Crippen LogP contribution in [-0.2, 0) is 0 Å². The summed E-state index contributed by atoms with van der Waals surface area (Å²) in [5.74, 6) is 0.405. The van der Waals surface area contributed by atoms with E-state index in [1.54, 1.807) is 0 Å². The average molecular weight is 288 g/mol. The Morgan fingerprint density at radius 3 is 2.48 bits per heavy atom. The minimum absolute atomic E-state index is 0.105. The van der Waals surface area contributed by atoms with Gasteiger partial charge in [0, 0.05) is 12.1 Å². The van der Waals surface area contributed by atoms with Crippen LogP contribution in [0.1, 0.15) is 59.3 Å². The lowest BCUT2D eigenvalue weighted by Gasteiger charge is -2.64. The van der Waals surface area contributed by atoms with Crippen LogP contribution in [0.3, 0.4) is 0 Å². The molecule has 0 aromatic rings. The van der Waals surface area contributed by atoms with Crippen molar-refractivity contribution in [1.82, 2.24) is 4.90 Å². The molecule has 2 saturated carbocycles. The standard InChI is InChI=1S/C18H28N2O/c1-4-5-13(2)6-16(21)20-14-7-17(3)8-15(20)10-18(9-14,11-17)12-19/h4-5,13-16,21H,6-11H2,1-3H3. The molecule has 4 aliphatic rings. The fourth-order valence-electron chi connectivity index (χ4n) is 5.66. The maximum atomic E-state index is 10.7. The van der Waals surface area contributed by atoms with Crippen molar-refractivity contribution in [2.75, 3.05) is 0 Å². The number of aliphatic hydroxyl groups excluding tert-OH is 1. The van der Waals surface area contributed by atoms with E-state index in [0.717, 1.165) is 38.5 Å². The van der Waals surface area contributed by atoms with Gasteiger partial charge in [0.1, 0.15) is 6.23 Å². The number of nitrogens with zero attached hydrogens (tertiary/aromatic N) is 2. The van der Waals surface area contributed by atoms with Crippen molar-refractivity contribution in [3.05, 3.63) is 12.2 Å². The summed E-state index contributed by atoms with van der Waals surface area (Å²) < 4.78 is 0. The van der Waals surface area contributed by atoms with Gasteiger partial charge in [-0.25, -0.2) is 0 Å². The summed E-state index contributed by atoms with van der Waals surface area (Å²) in [6.07, 6.45) is 9.98. The molecule has 2 aliphatic carbocycles. The third kappa shape index (κ3) is 2.53. The molecule has 0 spiro atoms. The minimum Gasteiger partial charge on any atom is -0.378 e. The number of allylic oxidation sites excluding steroid dienone is 2. The van der Waals surface area contributed by atoms with Crippen LogP contribution in [0.2, 0.25) is 0 Å². The summed E-state index contributed by atoms with van der Waals surface area (Å²) in [5.41, 5.74) is 0.221. The Morgan fingerprint density at radius 1 is 1.33 bits per heavy atom. The number of rotatable bonds is 4. The lowest BCUT2D eigenvalue weighted by Crippen LogP contribution is -2.66. The summed E-state index contributed by atoms with van der Waals surface area (Å²) in [4.78, 5) is 2.36. The van der Waals surface area contributed by atoms with Gasteiger partial charge in [-0.2, -0.15) is 5.26 Å². The average Bonchev–Trinajstić information content (AvgIpc) is 2.36. The van der Waals surface area contributed by atoms with Gasteiger partial charge in [0.05, 0.1) is 11.5 Å². The Kier molecular flexibility index (Phi) is 3.66. The monoisotopic (exact) mass is 288 g/mol. The van der Waals surface area contributed by atoms with E-state index in [-0.39, 0.29) is 11.6 Å². The molecule has 21 heavy (non-hydrogen) atoms. The van der Waals surface area contributed by atoms with E-state index in [1.807, 2.05) is 6.92 Å². The van der Waals surface area contributed by atoms with E-state index >= 15 is 0 Å². The van der Waals surface area contributed by atoms with E-state index in [9.17, 15) is 10.4 Å². The SMILES string of the molecule is CC=CC(C)CC(O)N1C2CC3(C)CC1CC(C#N)(C2)C3. The Hall–Kier alpha value is -0.850. The smallest absolute Gasteiger partial charge is 0.108 e. The second kappa shape index (κ2) is 5.11. The predicted molar refractivity (Wildman–Crippen MR) is 83.3 cm³/mol. The molecule has 1 N–H and O–H groups in total. The zero-order chi connectivity index (χ0) is 15.3. The van der Waals surface area contributed by atoms with Gasteiger partial charge in [0.25, 0.3) is 0 Å². The molecule has 0 amide bonds. The molecule has 4 unspecified atom stereocenters. The van der Waals surface area contributed by atoms with Gasteiger partial charge >= 0.3 is 0 Å². The fraction of sp³-hybridized carbons (Fsp3) is 0.833. The highest BCUT2D eigenvalue weighted by molar-refractivity contribution is 5.18. The highest BCUT2D eigenvalue weighted by Gasteiger charge is 2.60. The third-order valence-corrected chi connectivity index (χ3v) is 6.00. The molecule has 2 aliphatic heterocycles. The first-order valence-corrected chi connectivity index (χ1v) is 8.40. The molecule has 2 heterocycles. The van der Waals surface area contributed by atoms with E-state index < -0.39 is 0 Å². The molecule has 4 rings (SSSR count). The molecule has 0 aromatic carbocycles. The van der Waals surface area contributed by atoms with Crippen molar-refractivity contribution in [3.63, 3.8) is 0 Å². The van der Waals surface area contributed by atoms with Crippen LogP contribution in [0.25, 0.3) is 0 Å². The van der Waals surface area contributed by atoms with Gasteiger partial charge in [0.2, 0.25) is 0 Å². The zero-order valence-corrected chi connectivity index (χ0v) is 13.5. The van der Waals surface area contributed by atoms with Crippen LogP contribution in [0.15, 0.2) is 12.2 Å². The Morgan fingerprint density at radius 2 is 1.95 bits per heavy atom. The van der Waals surface area contributed by atoms with Crippen molar-refractivity contribution in [1.29, 1.82) is 5.26 Å². The van der Waals surface area contributed by atoms with Crippen molar-refractivity contribution >= 4 is 0 Å². The second-order valence-electron chi connectivity index (χ2n) is 8.17. The quantitative estimate of drug-likeness (QED) is 0.806. The number of hydrogen-bond acceptors (Lipinski definition) is 3. The van der Waals surface area contributed by atoms with Crippen LogP contribution in [0, 0.1) is 28.1 Å². The fourth-order valence-corrected chi connectivity index (χ4v) is 5.66. The van der Waals surface area contributed by atoms with Gasteiger partial charge < -0.3 is 5.11 Å². The Bertz CT molecular complexity index is 462. The predicted octanol–water partition coefficient (Wildman–Crippen LogP) is 3.45. The van der Waals surface area contributed by atoms with E-state index in [1.165, 1.54) is 0 Å². The van der Waals surface area contributed by atoms with Gasteiger partial charge in [0.15, 0.2) is 0 Å². The first-order valence-electron chi connectivity index (χ1n) is 8.40. The highest BCUT2D eigenvalue weighted by Crippen LogP contribution is 2.61. The molecule has 3 heteroatoms. The highest BCUT2D eigenvalue weighted by atomic mass is 16.3. The summed E-state index contributed by atoms with van der Waals surface area (Å²) >= 11 is 0. The number of aliphatic hydroxyl groups is 1. The van der Waals surface area contributed by atoms with Crippen molar-refractivity contribution in [3.8, 4) is 6.07 Å². The molecule has 4 fully saturated rings. The zero-order valence-electron chi connectivity index (χ0n) is 13.5. The van der Waals surface area contributed by atoms with E-state index in [2.05, 4.69) is 37.0 Å². The van der Waals surface area contributed by atoms with Gasteiger partial charge in [-0.1, -0.05) is 26.0 Å².